The van der Waals surface area contributed by atoms with E-state index in [0.717, 1.165) is 9.99 Å². The molecule has 1 heterocycles. The Kier molecular flexibility index (Phi) is 7.75. The topological polar surface area (TPSA) is 57.5 Å². The zero-order valence-electron chi connectivity index (χ0n) is 19.3. The van der Waals surface area contributed by atoms with Gasteiger partial charge in [0.05, 0.1) is 24.8 Å². The molecule has 5 nitrogen and oxygen atoms in total. The standard InChI is InChI=1S/C23H34BrNO4Si/c1-9-28-22(27)18-13-25(19-11-10-16(24)12-17(19)21(18)26)20(15(2)3)14-29-30(7,8)23(4,5)6/h10-13,15,20H,9,14H2,1-8H3. The first-order valence-electron chi connectivity index (χ1n) is 10.5. The van der Waals surface area contributed by atoms with E-state index in [0.29, 0.717) is 12.0 Å². The van der Waals surface area contributed by atoms with E-state index < -0.39 is 14.3 Å². The summed E-state index contributed by atoms with van der Waals surface area (Å²) in [4.78, 5) is 25.5. The average molecular weight is 497 g/mol. The summed E-state index contributed by atoms with van der Waals surface area (Å²) in [6, 6.07) is 5.56. The molecular weight excluding hydrogens is 462 g/mol. The SMILES string of the molecule is CCOC(=O)c1cn(C(CO[Si](C)(C)C(C)(C)C)C(C)C)c2ccc(Br)cc2c1=O. The number of carbonyl (C=O) groups is 1. The zero-order valence-corrected chi connectivity index (χ0v) is 21.9. The van der Waals surface area contributed by atoms with Crippen LogP contribution in [0.2, 0.25) is 18.1 Å². The number of rotatable bonds is 7. The number of aromatic nitrogens is 1. The van der Waals surface area contributed by atoms with Crippen LogP contribution in [0.15, 0.2) is 33.7 Å². The first-order valence-corrected chi connectivity index (χ1v) is 14.2. The predicted molar refractivity (Wildman–Crippen MR) is 129 cm³/mol. The van der Waals surface area contributed by atoms with Crippen LogP contribution < -0.4 is 5.43 Å². The molecule has 0 amide bonds. The van der Waals surface area contributed by atoms with Crippen LogP contribution in [-0.2, 0) is 9.16 Å². The molecule has 0 fully saturated rings. The Morgan fingerprint density at radius 1 is 1.23 bits per heavy atom. The van der Waals surface area contributed by atoms with Crippen molar-refractivity contribution in [1.82, 2.24) is 4.57 Å². The summed E-state index contributed by atoms with van der Waals surface area (Å²) in [6.07, 6.45) is 1.65. The van der Waals surface area contributed by atoms with Gasteiger partial charge in [-0.2, -0.15) is 0 Å². The van der Waals surface area contributed by atoms with E-state index in [4.69, 9.17) is 9.16 Å². The molecule has 0 aliphatic rings. The molecule has 2 rings (SSSR count). The van der Waals surface area contributed by atoms with Gasteiger partial charge >= 0.3 is 5.97 Å². The Bertz CT molecular complexity index is 976. The highest BCUT2D eigenvalue weighted by atomic mass is 79.9. The van der Waals surface area contributed by atoms with Crippen molar-refractivity contribution >= 4 is 41.1 Å². The molecule has 0 aliphatic heterocycles. The summed E-state index contributed by atoms with van der Waals surface area (Å²) in [5.74, 6) is -0.356. The van der Waals surface area contributed by atoms with Crippen LogP contribution in [-0.4, -0.2) is 32.1 Å². The Balaban J connectivity index is 2.64. The van der Waals surface area contributed by atoms with Crippen LogP contribution in [0.5, 0.6) is 0 Å². The zero-order chi connectivity index (χ0) is 22.9. The van der Waals surface area contributed by atoms with Crippen LogP contribution in [0, 0.1) is 5.92 Å². The molecule has 1 aromatic heterocycles. The quantitative estimate of drug-likeness (QED) is 0.340. The Labute approximate surface area is 189 Å². The lowest BCUT2D eigenvalue weighted by Gasteiger charge is -2.38. The monoisotopic (exact) mass is 495 g/mol. The molecule has 0 bridgehead atoms. The third kappa shape index (κ3) is 5.24. The van der Waals surface area contributed by atoms with Crippen molar-refractivity contribution in [3.8, 4) is 0 Å². The number of hydrogen-bond acceptors (Lipinski definition) is 4. The van der Waals surface area contributed by atoms with E-state index in [2.05, 4.69) is 63.6 Å². The molecule has 1 unspecified atom stereocenters. The number of fused-ring (bicyclic) bond motifs is 1. The lowest BCUT2D eigenvalue weighted by Crippen LogP contribution is -2.42. The summed E-state index contributed by atoms with van der Waals surface area (Å²) in [6.45, 7) is 17.8. The molecule has 1 atom stereocenters. The number of ether oxygens (including phenoxy) is 1. The average Bonchev–Trinajstić information content (AvgIpc) is 2.62. The van der Waals surface area contributed by atoms with E-state index in [-0.39, 0.29) is 34.6 Å². The smallest absolute Gasteiger partial charge is 0.343 e. The number of halogens is 1. The van der Waals surface area contributed by atoms with Crippen molar-refractivity contribution in [3.05, 3.63) is 44.7 Å². The minimum atomic E-state index is -1.96. The maximum absolute atomic E-state index is 13.0. The van der Waals surface area contributed by atoms with Crippen molar-refractivity contribution in [2.45, 2.75) is 65.7 Å². The van der Waals surface area contributed by atoms with Gasteiger partial charge in [-0.15, -0.1) is 0 Å². The Hall–Kier alpha value is -1.44. The molecule has 0 radical (unpaired) electrons. The lowest BCUT2D eigenvalue weighted by molar-refractivity contribution is 0.0523. The number of benzene rings is 1. The number of hydrogen-bond donors (Lipinski definition) is 0. The predicted octanol–water partition coefficient (Wildman–Crippen LogP) is 6.16. The van der Waals surface area contributed by atoms with Gasteiger partial charge in [-0.25, -0.2) is 4.79 Å². The summed E-state index contributed by atoms with van der Waals surface area (Å²) in [5, 5.41) is 0.592. The highest BCUT2D eigenvalue weighted by molar-refractivity contribution is 9.10. The molecule has 166 valence electrons. The fraction of sp³-hybridized carbons (Fsp3) is 0.565. The van der Waals surface area contributed by atoms with E-state index in [1.54, 1.807) is 19.2 Å². The first kappa shape index (κ1) is 24.8. The minimum absolute atomic E-state index is 0.0309. The Morgan fingerprint density at radius 3 is 2.40 bits per heavy atom. The second-order valence-electron chi connectivity index (χ2n) is 9.54. The van der Waals surface area contributed by atoms with Gasteiger partial charge in [0.15, 0.2) is 8.32 Å². The molecule has 2 aromatic rings. The highest BCUT2D eigenvalue weighted by Crippen LogP contribution is 2.37. The molecule has 30 heavy (non-hydrogen) atoms. The Morgan fingerprint density at radius 2 is 1.87 bits per heavy atom. The van der Waals surface area contributed by atoms with Gasteiger partial charge in [-0.1, -0.05) is 50.5 Å². The largest absolute Gasteiger partial charge is 0.462 e. The van der Waals surface area contributed by atoms with Gasteiger partial charge in [0.2, 0.25) is 5.43 Å². The van der Waals surface area contributed by atoms with E-state index in [9.17, 15) is 9.59 Å². The highest BCUT2D eigenvalue weighted by Gasteiger charge is 2.38. The maximum atomic E-state index is 13.0. The van der Waals surface area contributed by atoms with Gasteiger partial charge in [0.25, 0.3) is 0 Å². The van der Waals surface area contributed by atoms with E-state index in [1.165, 1.54) is 0 Å². The normalized spacial score (nSPS) is 13.7. The van der Waals surface area contributed by atoms with Crippen LogP contribution in [0.1, 0.15) is 57.9 Å². The van der Waals surface area contributed by atoms with Crippen molar-refractivity contribution in [1.29, 1.82) is 0 Å². The molecule has 0 aliphatic carbocycles. The van der Waals surface area contributed by atoms with E-state index in [1.807, 2.05) is 16.7 Å². The van der Waals surface area contributed by atoms with Gasteiger partial charge in [0, 0.05) is 16.1 Å². The molecule has 1 aromatic carbocycles. The number of carbonyl (C=O) groups excluding carboxylic acids is 1. The molecule has 0 saturated carbocycles. The second kappa shape index (κ2) is 9.36. The van der Waals surface area contributed by atoms with Gasteiger partial charge in [-0.05, 0) is 49.2 Å². The van der Waals surface area contributed by atoms with Crippen molar-refractivity contribution in [3.63, 3.8) is 0 Å². The van der Waals surface area contributed by atoms with Crippen molar-refractivity contribution < 1.29 is 14.0 Å². The van der Waals surface area contributed by atoms with Crippen LogP contribution >= 0.6 is 15.9 Å². The molecule has 7 heteroatoms. The number of pyridine rings is 1. The minimum Gasteiger partial charge on any atom is -0.462 e. The summed E-state index contributed by atoms with van der Waals surface area (Å²) in [5.41, 5.74) is 0.531. The molecular formula is C23H34BrNO4Si. The van der Waals surface area contributed by atoms with Crippen LogP contribution in [0.3, 0.4) is 0 Å². The van der Waals surface area contributed by atoms with Gasteiger partial charge in [-0.3, -0.25) is 4.79 Å². The third-order valence-electron chi connectivity index (χ3n) is 6.04. The van der Waals surface area contributed by atoms with Crippen molar-refractivity contribution in [2.24, 2.45) is 5.92 Å². The van der Waals surface area contributed by atoms with Crippen molar-refractivity contribution in [2.75, 3.05) is 13.2 Å². The second-order valence-corrected chi connectivity index (χ2v) is 15.3. The molecule has 0 spiro atoms. The number of esters is 1. The van der Waals surface area contributed by atoms with E-state index >= 15 is 0 Å². The van der Waals surface area contributed by atoms with Gasteiger partial charge in [0.1, 0.15) is 5.56 Å². The van der Waals surface area contributed by atoms with Crippen LogP contribution in [0.4, 0.5) is 0 Å². The summed E-state index contributed by atoms with van der Waals surface area (Å²) in [7, 11) is -1.96. The van der Waals surface area contributed by atoms with Crippen LogP contribution in [0.25, 0.3) is 10.9 Å². The fourth-order valence-electron chi connectivity index (χ4n) is 3.06. The first-order chi connectivity index (χ1) is 13.8. The molecule has 0 N–H and O–H groups in total. The number of nitrogens with zero attached hydrogens (tertiary/aromatic N) is 1. The summed E-state index contributed by atoms with van der Waals surface area (Å²) >= 11 is 3.44. The third-order valence-corrected chi connectivity index (χ3v) is 11.0. The lowest BCUT2D eigenvalue weighted by atomic mass is 10.0. The summed E-state index contributed by atoms with van der Waals surface area (Å²) < 4.78 is 14.5. The van der Waals surface area contributed by atoms with Gasteiger partial charge < -0.3 is 13.7 Å². The fourth-order valence-corrected chi connectivity index (χ4v) is 4.44. The maximum Gasteiger partial charge on any atom is 0.343 e. The molecule has 0 saturated heterocycles.